The van der Waals surface area contributed by atoms with Gasteiger partial charge in [0.15, 0.2) is 5.82 Å². The molecule has 0 aliphatic carbocycles. The second-order valence-corrected chi connectivity index (χ2v) is 11.2. The zero-order valence-electron chi connectivity index (χ0n) is 22.5. The van der Waals surface area contributed by atoms with Crippen molar-refractivity contribution in [2.45, 2.75) is 70.3 Å². The summed E-state index contributed by atoms with van der Waals surface area (Å²) in [6.45, 7) is 6.46. The highest BCUT2D eigenvalue weighted by Crippen LogP contribution is 2.42. The van der Waals surface area contributed by atoms with Gasteiger partial charge in [0.05, 0.1) is 11.9 Å². The van der Waals surface area contributed by atoms with Crippen molar-refractivity contribution in [3.63, 3.8) is 0 Å². The van der Waals surface area contributed by atoms with Gasteiger partial charge in [-0.05, 0) is 70.4 Å². The molecule has 0 unspecified atom stereocenters. The zero-order chi connectivity index (χ0) is 28.6. The number of likely N-dealkylation sites (tertiary alicyclic amines) is 1. The average Bonchev–Trinajstić information content (AvgIpc) is 3.36. The van der Waals surface area contributed by atoms with Crippen molar-refractivity contribution in [1.82, 2.24) is 25.3 Å². The second-order valence-electron chi connectivity index (χ2n) is 11.2. The number of aromatic nitrogens is 4. The molecule has 1 saturated heterocycles. The number of hydrogen-bond acceptors (Lipinski definition) is 7. The Bertz CT molecular complexity index is 1270. The minimum Gasteiger partial charge on any atom is -0.507 e. The van der Waals surface area contributed by atoms with Crippen LogP contribution in [0.2, 0.25) is 0 Å². The van der Waals surface area contributed by atoms with Crippen LogP contribution in [0.25, 0.3) is 22.4 Å². The van der Waals surface area contributed by atoms with Crippen LogP contribution in [0.5, 0.6) is 5.75 Å². The van der Waals surface area contributed by atoms with Gasteiger partial charge in [-0.1, -0.05) is 6.07 Å². The maximum absolute atomic E-state index is 13.8. The quantitative estimate of drug-likeness (QED) is 0.399. The van der Waals surface area contributed by atoms with E-state index < -0.39 is 29.8 Å². The van der Waals surface area contributed by atoms with Gasteiger partial charge in [-0.15, -0.1) is 10.2 Å². The van der Waals surface area contributed by atoms with Gasteiger partial charge in [0.25, 0.3) is 0 Å². The van der Waals surface area contributed by atoms with Crippen molar-refractivity contribution in [3.8, 4) is 28.1 Å². The fraction of sp³-hybridized carbons (Fsp3) is 0.481. The maximum atomic E-state index is 13.8. The molecule has 4 rings (SSSR count). The molecule has 3 heterocycles. The SMILES string of the molecule is CC1(C)CC(N(CC(F)(F)F)c2ccc(-c3ccc(-c4cn[nH]c4)cc3O)nn2)CC(C)(C)N1C(=O)CCN. The smallest absolute Gasteiger partial charge is 0.405 e. The number of rotatable bonds is 7. The van der Waals surface area contributed by atoms with Gasteiger partial charge in [-0.25, -0.2) is 0 Å². The van der Waals surface area contributed by atoms with E-state index in [1.807, 2.05) is 27.7 Å². The number of carbonyl (C=O) groups is 1. The molecule has 0 radical (unpaired) electrons. The Kier molecular flexibility index (Phi) is 7.61. The molecular weight excluding hydrogens is 511 g/mol. The average molecular weight is 546 g/mol. The predicted molar refractivity (Wildman–Crippen MR) is 142 cm³/mol. The fourth-order valence-electron chi connectivity index (χ4n) is 5.91. The van der Waals surface area contributed by atoms with E-state index in [0.29, 0.717) is 24.1 Å². The molecule has 2 aromatic heterocycles. The molecule has 4 N–H and O–H groups in total. The van der Waals surface area contributed by atoms with Gasteiger partial charge < -0.3 is 20.6 Å². The van der Waals surface area contributed by atoms with E-state index in [-0.39, 0.29) is 30.4 Å². The summed E-state index contributed by atoms with van der Waals surface area (Å²) in [6, 6.07) is 7.51. The molecule has 0 saturated carbocycles. The molecule has 1 amide bonds. The Morgan fingerprint density at radius 1 is 1.13 bits per heavy atom. The van der Waals surface area contributed by atoms with E-state index in [4.69, 9.17) is 5.73 Å². The van der Waals surface area contributed by atoms with Crippen molar-refractivity contribution >= 4 is 11.7 Å². The first-order valence-electron chi connectivity index (χ1n) is 12.7. The molecule has 3 aromatic rings. The third-order valence-electron chi connectivity index (χ3n) is 7.13. The van der Waals surface area contributed by atoms with Crippen molar-refractivity contribution in [2.75, 3.05) is 18.0 Å². The van der Waals surface area contributed by atoms with Gasteiger partial charge in [0, 0.05) is 47.4 Å². The number of amides is 1. The van der Waals surface area contributed by atoms with E-state index in [2.05, 4.69) is 20.4 Å². The number of piperidine rings is 1. The summed E-state index contributed by atoms with van der Waals surface area (Å²) in [5.74, 6) is -0.0825. The number of halogens is 3. The first kappa shape index (κ1) is 28.3. The normalized spacial score (nSPS) is 17.3. The van der Waals surface area contributed by atoms with Crippen LogP contribution in [-0.4, -0.2) is 72.7 Å². The van der Waals surface area contributed by atoms with Crippen LogP contribution in [0.4, 0.5) is 19.0 Å². The lowest BCUT2D eigenvalue weighted by Crippen LogP contribution is -2.66. The van der Waals surface area contributed by atoms with E-state index in [0.717, 1.165) is 11.1 Å². The van der Waals surface area contributed by atoms with Gasteiger partial charge >= 0.3 is 6.18 Å². The number of carbonyl (C=O) groups excluding carboxylic acids is 1. The Balaban J connectivity index is 1.63. The number of H-pyrrole nitrogens is 1. The van der Waals surface area contributed by atoms with E-state index in [1.165, 1.54) is 11.0 Å². The van der Waals surface area contributed by atoms with Crippen LogP contribution in [0.3, 0.4) is 0 Å². The Morgan fingerprint density at radius 2 is 1.82 bits per heavy atom. The number of anilines is 1. The summed E-state index contributed by atoms with van der Waals surface area (Å²) in [4.78, 5) is 15.9. The van der Waals surface area contributed by atoms with Gasteiger partial charge in [0.1, 0.15) is 12.3 Å². The summed E-state index contributed by atoms with van der Waals surface area (Å²) in [5.41, 5.74) is 6.45. The molecule has 39 heavy (non-hydrogen) atoms. The number of nitrogens with two attached hydrogens (primary N) is 1. The lowest BCUT2D eigenvalue weighted by molar-refractivity contribution is -0.151. The number of aromatic amines is 1. The van der Waals surface area contributed by atoms with Crippen molar-refractivity contribution in [3.05, 3.63) is 42.7 Å². The van der Waals surface area contributed by atoms with Gasteiger partial charge in [-0.2, -0.15) is 18.3 Å². The number of benzene rings is 1. The Hall–Kier alpha value is -3.67. The molecule has 0 bridgehead atoms. The highest BCUT2D eigenvalue weighted by atomic mass is 19.4. The first-order valence-corrected chi connectivity index (χ1v) is 12.7. The highest BCUT2D eigenvalue weighted by Gasteiger charge is 2.50. The van der Waals surface area contributed by atoms with Crippen LogP contribution in [0.15, 0.2) is 42.7 Å². The zero-order valence-corrected chi connectivity index (χ0v) is 22.5. The minimum atomic E-state index is -4.48. The lowest BCUT2D eigenvalue weighted by atomic mass is 9.76. The van der Waals surface area contributed by atoms with E-state index in [1.54, 1.807) is 41.6 Å². The van der Waals surface area contributed by atoms with Crippen LogP contribution < -0.4 is 10.6 Å². The predicted octanol–water partition coefficient (Wildman–Crippen LogP) is 4.51. The Morgan fingerprint density at radius 3 is 2.33 bits per heavy atom. The third kappa shape index (κ3) is 6.16. The molecule has 12 heteroatoms. The number of hydrogen-bond donors (Lipinski definition) is 3. The summed E-state index contributed by atoms with van der Waals surface area (Å²) in [6.07, 6.45) is -0.376. The third-order valence-corrected chi connectivity index (χ3v) is 7.13. The van der Waals surface area contributed by atoms with Crippen LogP contribution in [0.1, 0.15) is 47.0 Å². The summed E-state index contributed by atoms with van der Waals surface area (Å²) in [7, 11) is 0. The monoisotopic (exact) mass is 545 g/mol. The van der Waals surface area contributed by atoms with Crippen molar-refractivity contribution in [2.24, 2.45) is 5.73 Å². The number of aromatic hydroxyl groups is 1. The molecule has 210 valence electrons. The summed E-state index contributed by atoms with van der Waals surface area (Å²) >= 11 is 0. The lowest BCUT2D eigenvalue weighted by Gasteiger charge is -2.57. The highest BCUT2D eigenvalue weighted by molar-refractivity contribution is 5.78. The summed E-state index contributed by atoms with van der Waals surface area (Å²) in [5, 5.41) is 25.6. The van der Waals surface area contributed by atoms with Crippen LogP contribution in [-0.2, 0) is 4.79 Å². The molecule has 1 aliphatic heterocycles. The van der Waals surface area contributed by atoms with Crippen molar-refractivity contribution in [1.29, 1.82) is 0 Å². The van der Waals surface area contributed by atoms with E-state index >= 15 is 0 Å². The maximum Gasteiger partial charge on any atom is 0.405 e. The van der Waals surface area contributed by atoms with Gasteiger partial charge in [0.2, 0.25) is 5.91 Å². The minimum absolute atomic E-state index is 0.0408. The number of nitrogens with one attached hydrogen (secondary N) is 1. The fourth-order valence-corrected chi connectivity index (χ4v) is 5.91. The molecule has 1 fully saturated rings. The van der Waals surface area contributed by atoms with Crippen molar-refractivity contribution < 1.29 is 23.1 Å². The Labute approximate surface area is 225 Å². The molecule has 0 spiro atoms. The largest absolute Gasteiger partial charge is 0.507 e. The number of nitrogens with zero attached hydrogens (tertiary/aromatic N) is 5. The number of phenolic OH excluding ortho intramolecular Hbond substituents is 1. The topological polar surface area (TPSA) is 124 Å². The molecule has 1 aromatic carbocycles. The van der Waals surface area contributed by atoms with Crippen LogP contribution in [0, 0.1) is 0 Å². The molecular formula is C27H34F3N7O2. The van der Waals surface area contributed by atoms with Gasteiger partial charge in [-0.3, -0.25) is 9.89 Å². The standard InChI is InChI=1S/C27H34F3N7O2/c1-25(2)12-19(13-26(3,4)37(25)24(39)9-10-31)36(16-27(28,29)30)23-8-7-21(34-35-23)20-6-5-17(11-22(20)38)18-14-32-33-15-18/h5-8,11,14-15,19,38H,9-10,12-13,16,31H2,1-4H3,(H,32,33). The second kappa shape index (κ2) is 10.5. The number of alkyl halides is 3. The molecule has 9 nitrogen and oxygen atoms in total. The van der Waals surface area contributed by atoms with E-state index in [9.17, 15) is 23.1 Å². The number of phenols is 1. The van der Waals surface area contributed by atoms with Crippen LogP contribution >= 0.6 is 0 Å². The first-order chi connectivity index (χ1) is 18.2. The molecule has 1 aliphatic rings. The molecule has 0 atom stereocenters. The summed E-state index contributed by atoms with van der Waals surface area (Å²) < 4.78 is 41.3.